The van der Waals surface area contributed by atoms with E-state index in [0.717, 1.165) is 40.3 Å². The summed E-state index contributed by atoms with van der Waals surface area (Å²) in [5.41, 5.74) is 3.97. The maximum absolute atomic E-state index is 14.5. The number of ketones is 1. The summed E-state index contributed by atoms with van der Waals surface area (Å²) in [5, 5.41) is 2.16. The van der Waals surface area contributed by atoms with Crippen LogP contribution in [0.2, 0.25) is 0 Å². The van der Waals surface area contributed by atoms with Crippen molar-refractivity contribution in [2.45, 2.75) is 12.8 Å². The highest BCUT2D eigenvalue weighted by Crippen LogP contribution is 2.50. The Hall–Kier alpha value is -2.48. The zero-order chi connectivity index (χ0) is 14.8. The third kappa shape index (κ3) is 1.45. The first kappa shape index (κ1) is 12.1. The van der Waals surface area contributed by atoms with E-state index in [2.05, 4.69) is 0 Å². The molecule has 2 aliphatic rings. The highest BCUT2D eigenvalue weighted by Gasteiger charge is 2.35. The molecule has 0 saturated heterocycles. The number of carbonyl (C=O) groups is 1. The molecule has 0 bridgehead atoms. The van der Waals surface area contributed by atoms with Crippen molar-refractivity contribution < 1.29 is 9.18 Å². The average molecular weight is 288 g/mol. The predicted molar refractivity (Wildman–Crippen MR) is 85.4 cm³/mol. The van der Waals surface area contributed by atoms with Crippen LogP contribution >= 0.6 is 0 Å². The smallest absolute Gasteiger partial charge is 0.166 e. The lowest BCUT2D eigenvalue weighted by Gasteiger charge is -2.09. The summed E-state index contributed by atoms with van der Waals surface area (Å²) in [6.07, 6.45) is 1.92. The molecular weight excluding hydrogens is 275 g/mol. The molecule has 0 amide bonds. The van der Waals surface area contributed by atoms with Gasteiger partial charge in [0.15, 0.2) is 5.78 Å². The molecule has 2 aliphatic carbocycles. The molecule has 2 heteroatoms. The number of carbonyl (C=O) groups excluding carboxylic acids is 1. The third-order valence-electron chi connectivity index (χ3n) is 4.81. The molecule has 0 N–H and O–H groups in total. The fraction of sp³-hybridized carbons (Fsp3) is 0.150. The van der Waals surface area contributed by atoms with Gasteiger partial charge in [-0.3, -0.25) is 4.79 Å². The van der Waals surface area contributed by atoms with E-state index in [1.807, 2.05) is 36.4 Å². The molecule has 1 nitrogen and oxygen atoms in total. The highest BCUT2D eigenvalue weighted by atomic mass is 19.1. The average Bonchev–Trinajstić information content (AvgIpc) is 3.33. The lowest BCUT2D eigenvalue weighted by atomic mass is 9.93. The van der Waals surface area contributed by atoms with Gasteiger partial charge in [-0.15, -0.1) is 0 Å². The van der Waals surface area contributed by atoms with Crippen LogP contribution < -0.4 is 0 Å². The van der Waals surface area contributed by atoms with Crippen molar-refractivity contribution in [1.29, 1.82) is 0 Å². The minimum absolute atomic E-state index is 0.137. The second-order valence-electron chi connectivity index (χ2n) is 6.19. The molecule has 0 heterocycles. The molecule has 5 rings (SSSR count). The number of halogens is 1. The van der Waals surface area contributed by atoms with Crippen molar-refractivity contribution in [3.8, 4) is 22.3 Å². The van der Waals surface area contributed by atoms with Crippen molar-refractivity contribution in [2.75, 3.05) is 0 Å². The summed E-state index contributed by atoms with van der Waals surface area (Å²) in [5.74, 6) is 0.0598. The van der Waals surface area contributed by atoms with Gasteiger partial charge in [0.25, 0.3) is 0 Å². The van der Waals surface area contributed by atoms with Gasteiger partial charge in [-0.05, 0) is 46.9 Å². The second-order valence-corrected chi connectivity index (χ2v) is 6.19. The van der Waals surface area contributed by atoms with E-state index < -0.39 is 0 Å². The first-order valence-corrected chi connectivity index (χ1v) is 7.65. The number of Topliss-reactive ketones (excluding diaryl/α,β-unsaturated/α-hetero) is 1. The van der Waals surface area contributed by atoms with Crippen molar-refractivity contribution in [1.82, 2.24) is 0 Å². The number of hydrogen-bond donors (Lipinski definition) is 0. The summed E-state index contributed by atoms with van der Waals surface area (Å²) < 4.78 is 14.5. The topological polar surface area (TPSA) is 17.1 Å². The van der Waals surface area contributed by atoms with Gasteiger partial charge in [0, 0.05) is 22.6 Å². The summed E-state index contributed by atoms with van der Waals surface area (Å²) in [7, 11) is 0. The minimum Gasteiger partial charge on any atom is -0.294 e. The Kier molecular flexibility index (Phi) is 2.22. The fourth-order valence-corrected chi connectivity index (χ4v) is 3.65. The molecule has 0 spiro atoms. The van der Waals surface area contributed by atoms with Crippen LogP contribution in [-0.2, 0) is 0 Å². The Labute approximate surface area is 127 Å². The third-order valence-corrected chi connectivity index (χ3v) is 4.81. The molecule has 0 unspecified atom stereocenters. The molecule has 0 radical (unpaired) electrons. The Morgan fingerprint density at radius 2 is 1.59 bits per heavy atom. The highest BCUT2D eigenvalue weighted by molar-refractivity contribution is 6.20. The Balaban J connectivity index is 1.92. The second kappa shape index (κ2) is 4.04. The Bertz CT molecular complexity index is 962. The number of benzene rings is 3. The molecule has 106 valence electrons. The Morgan fingerprint density at radius 3 is 2.27 bits per heavy atom. The minimum atomic E-state index is -0.244. The molecule has 1 fully saturated rings. The van der Waals surface area contributed by atoms with E-state index in [1.54, 1.807) is 6.07 Å². The van der Waals surface area contributed by atoms with Crippen LogP contribution in [0.4, 0.5) is 4.39 Å². The molecule has 3 aromatic carbocycles. The van der Waals surface area contributed by atoms with E-state index in [9.17, 15) is 9.18 Å². The predicted octanol–water partition coefficient (Wildman–Crippen LogP) is 5.22. The molecular formula is C20H13FO. The largest absolute Gasteiger partial charge is 0.294 e. The van der Waals surface area contributed by atoms with Gasteiger partial charge in [-0.1, -0.05) is 36.4 Å². The summed E-state index contributed by atoms with van der Waals surface area (Å²) >= 11 is 0. The lowest BCUT2D eigenvalue weighted by molar-refractivity contribution is 0.0968. The van der Waals surface area contributed by atoms with Gasteiger partial charge >= 0.3 is 0 Å². The molecule has 22 heavy (non-hydrogen) atoms. The van der Waals surface area contributed by atoms with Gasteiger partial charge in [-0.25, -0.2) is 4.39 Å². The van der Waals surface area contributed by atoms with Crippen molar-refractivity contribution in [2.24, 2.45) is 5.92 Å². The maximum Gasteiger partial charge on any atom is 0.166 e. The number of hydrogen-bond acceptors (Lipinski definition) is 1. The van der Waals surface area contributed by atoms with Gasteiger partial charge in [-0.2, -0.15) is 0 Å². The zero-order valence-electron chi connectivity index (χ0n) is 11.9. The molecule has 0 aromatic heterocycles. The number of fused-ring (bicyclic) bond motifs is 3. The number of rotatable bonds is 2. The van der Waals surface area contributed by atoms with E-state index in [4.69, 9.17) is 0 Å². The zero-order valence-corrected chi connectivity index (χ0v) is 11.9. The van der Waals surface area contributed by atoms with Crippen molar-refractivity contribution in [3.05, 3.63) is 59.9 Å². The quantitative estimate of drug-likeness (QED) is 0.462. The summed E-state index contributed by atoms with van der Waals surface area (Å²) in [4.78, 5) is 12.6. The standard InChI is InChI=1S/C20H13FO/c21-16-10-9-15(20(22)12-7-8-12)18-13-5-1-3-11-4-2-6-14(17(11)13)19(16)18/h1-6,9-10,12H,7-8H2. The van der Waals surface area contributed by atoms with Gasteiger partial charge in [0.2, 0.25) is 0 Å². The van der Waals surface area contributed by atoms with Crippen LogP contribution in [0.5, 0.6) is 0 Å². The van der Waals surface area contributed by atoms with Crippen LogP contribution in [0, 0.1) is 11.7 Å². The molecule has 0 aliphatic heterocycles. The fourth-order valence-electron chi connectivity index (χ4n) is 3.65. The molecule has 0 atom stereocenters. The normalized spacial score (nSPS) is 15.1. The van der Waals surface area contributed by atoms with E-state index in [0.29, 0.717) is 11.1 Å². The summed E-state index contributed by atoms with van der Waals surface area (Å²) in [6, 6.07) is 15.1. The van der Waals surface area contributed by atoms with E-state index >= 15 is 0 Å². The van der Waals surface area contributed by atoms with Crippen LogP contribution in [0.3, 0.4) is 0 Å². The van der Waals surface area contributed by atoms with Crippen LogP contribution in [-0.4, -0.2) is 5.78 Å². The van der Waals surface area contributed by atoms with Crippen molar-refractivity contribution in [3.63, 3.8) is 0 Å². The molecule has 3 aromatic rings. The monoisotopic (exact) mass is 288 g/mol. The lowest BCUT2D eigenvalue weighted by Crippen LogP contribution is -2.04. The first-order valence-electron chi connectivity index (χ1n) is 7.65. The summed E-state index contributed by atoms with van der Waals surface area (Å²) in [6.45, 7) is 0. The molecule has 1 saturated carbocycles. The van der Waals surface area contributed by atoms with Crippen LogP contribution in [0.1, 0.15) is 23.2 Å². The van der Waals surface area contributed by atoms with Crippen LogP contribution in [0.25, 0.3) is 33.0 Å². The van der Waals surface area contributed by atoms with Gasteiger partial charge in [0.1, 0.15) is 5.82 Å². The van der Waals surface area contributed by atoms with Gasteiger partial charge in [0.05, 0.1) is 0 Å². The van der Waals surface area contributed by atoms with E-state index in [-0.39, 0.29) is 17.5 Å². The SMILES string of the molecule is O=C(c1ccc(F)c2c1-c1cccc3cccc-2c13)C1CC1. The van der Waals surface area contributed by atoms with Gasteiger partial charge < -0.3 is 0 Å². The first-order chi connectivity index (χ1) is 10.8. The van der Waals surface area contributed by atoms with E-state index in [1.165, 1.54) is 6.07 Å². The van der Waals surface area contributed by atoms with Crippen molar-refractivity contribution >= 4 is 16.6 Å². The van der Waals surface area contributed by atoms with Crippen LogP contribution in [0.15, 0.2) is 48.5 Å². The maximum atomic E-state index is 14.5. The Morgan fingerprint density at radius 1 is 0.909 bits per heavy atom.